The van der Waals surface area contributed by atoms with Gasteiger partial charge in [-0.1, -0.05) is 6.07 Å². The van der Waals surface area contributed by atoms with Gasteiger partial charge in [0.2, 0.25) is 0 Å². The molecule has 0 unspecified atom stereocenters. The number of rotatable bonds is 6. The van der Waals surface area contributed by atoms with Crippen molar-refractivity contribution in [1.29, 1.82) is 5.26 Å². The first-order chi connectivity index (χ1) is 14.3. The van der Waals surface area contributed by atoms with E-state index in [-0.39, 0.29) is 11.9 Å². The standard InChI is InChI=1S/C21H24N4O4S/c1-6-28-15-9-13(7-8-14(15)27-5)18-17(20(26)29-11(2)3)12(4)24-21-25(18)19(23)16(10-22)30-21/h7-9,11,18H,6,23H2,1-5H3/t18-/m1/s1. The number of aliphatic imine (C=N–C) groups is 1. The Kier molecular flexibility index (Phi) is 6.27. The Morgan fingerprint density at radius 2 is 2.13 bits per heavy atom. The molecule has 158 valence electrons. The lowest BCUT2D eigenvalue weighted by Crippen LogP contribution is -2.39. The first-order valence-corrected chi connectivity index (χ1v) is 10.3. The molecule has 2 N–H and O–H groups in total. The van der Waals surface area contributed by atoms with Crippen molar-refractivity contribution in [3.63, 3.8) is 0 Å². The number of esters is 1. The molecule has 0 fully saturated rings. The van der Waals surface area contributed by atoms with E-state index in [4.69, 9.17) is 19.9 Å². The Labute approximate surface area is 180 Å². The fourth-order valence-corrected chi connectivity index (χ4v) is 4.24. The minimum Gasteiger partial charge on any atom is -0.493 e. The van der Waals surface area contributed by atoms with Crippen LogP contribution in [0.4, 0.5) is 0 Å². The van der Waals surface area contributed by atoms with Crippen LogP contribution in [0.25, 0.3) is 0 Å². The lowest BCUT2D eigenvalue weighted by molar-refractivity contribution is -0.143. The molecule has 2 aliphatic heterocycles. The summed E-state index contributed by atoms with van der Waals surface area (Å²) < 4.78 is 16.6. The number of nitrogens with two attached hydrogens (primary N) is 1. The van der Waals surface area contributed by atoms with E-state index in [1.54, 1.807) is 38.8 Å². The second kappa shape index (κ2) is 8.71. The number of ether oxygens (including phenoxy) is 3. The summed E-state index contributed by atoms with van der Waals surface area (Å²) in [6.45, 7) is 7.66. The molecule has 0 bridgehead atoms. The van der Waals surface area contributed by atoms with Crippen molar-refractivity contribution >= 4 is 22.9 Å². The van der Waals surface area contributed by atoms with Crippen LogP contribution >= 0.6 is 11.8 Å². The van der Waals surface area contributed by atoms with Crippen molar-refractivity contribution in [2.45, 2.75) is 39.8 Å². The Morgan fingerprint density at radius 3 is 2.73 bits per heavy atom. The zero-order chi connectivity index (χ0) is 22.0. The molecule has 0 amide bonds. The van der Waals surface area contributed by atoms with Gasteiger partial charge in [0, 0.05) is 0 Å². The SMILES string of the molecule is CCOc1cc([C@@H]2C(C(=O)OC(C)C)=C(C)N=C3SC(C#N)=C(N)N32)ccc1OC. The minimum atomic E-state index is -0.618. The van der Waals surface area contributed by atoms with E-state index in [2.05, 4.69) is 11.1 Å². The molecule has 1 aromatic rings. The van der Waals surface area contributed by atoms with E-state index < -0.39 is 12.0 Å². The van der Waals surface area contributed by atoms with Gasteiger partial charge >= 0.3 is 5.97 Å². The average Bonchev–Trinajstić information content (AvgIpc) is 3.01. The van der Waals surface area contributed by atoms with Crippen LogP contribution in [0.3, 0.4) is 0 Å². The van der Waals surface area contributed by atoms with Crippen LogP contribution in [-0.2, 0) is 9.53 Å². The summed E-state index contributed by atoms with van der Waals surface area (Å²) in [5.41, 5.74) is 7.91. The molecule has 30 heavy (non-hydrogen) atoms. The fourth-order valence-electron chi connectivity index (χ4n) is 3.33. The molecule has 0 aliphatic carbocycles. The average molecular weight is 429 g/mol. The van der Waals surface area contributed by atoms with Gasteiger partial charge in [-0.3, -0.25) is 4.90 Å². The van der Waals surface area contributed by atoms with Crippen molar-refractivity contribution in [2.24, 2.45) is 10.7 Å². The van der Waals surface area contributed by atoms with E-state index >= 15 is 0 Å². The molecule has 0 aromatic heterocycles. The number of carbonyl (C=O) groups excluding carboxylic acids is 1. The maximum absolute atomic E-state index is 13.0. The Hall–Kier alpha value is -3.12. The lowest BCUT2D eigenvalue weighted by atomic mass is 9.94. The number of allylic oxidation sites excluding steroid dienone is 2. The molecule has 3 rings (SSSR count). The molecule has 1 aromatic carbocycles. The van der Waals surface area contributed by atoms with E-state index in [0.717, 1.165) is 5.56 Å². The van der Waals surface area contributed by atoms with Crippen LogP contribution in [0.15, 0.2) is 45.2 Å². The Balaban J connectivity index is 2.19. The number of amidine groups is 1. The molecule has 0 radical (unpaired) electrons. The van der Waals surface area contributed by atoms with Crippen LogP contribution in [0.5, 0.6) is 11.5 Å². The molecule has 0 saturated carbocycles. The zero-order valence-electron chi connectivity index (χ0n) is 17.6. The Bertz CT molecular complexity index is 1010. The first-order valence-electron chi connectivity index (χ1n) is 9.50. The van der Waals surface area contributed by atoms with E-state index in [9.17, 15) is 10.1 Å². The highest BCUT2D eigenvalue weighted by atomic mass is 32.2. The van der Waals surface area contributed by atoms with Gasteiger partial charge in [-0.05, 0) is 57.2 Å². The van der Waals surface area contributed by atoms with Gasteiger partial charge in [0.05, 0.1) is 37.1 Å². The number of hydrogen-bond acceptors (Lipinski definition) is 9. The second-order valence-electron chi connectivity index (χ2n) is 6.89. The number of fused-ring (bicyclic) bond motifs is 1. The molecule has 2 heterocycles. The van der Waals surface area contributed by atoms with Crippen LogP contribution in [0.1, 0.15) is 39.3 Å². The third-order valence-electron chi connectivity index (χ3n) is 4.54. The largest absolute Gasteiger partial charge is 0.493 e. The van der Waals surface area contributed by atoms with Crippen molar-refractivity contribution in [3.8, 4) is 17.6 Å². The first kappa shape index (κ1) is 21.6. The van der Waals surface area contributed by atoms with E-state index in [1.807, 2.05) is 19.1 Å². The number of hydrogen-bond donors (Lipinski definition) is 1. The summed E-state index contributed by atoms with van der Waals surface area (Å²) >= 11 is 1.18. The predicted octanol–water partition coefficient (Wildman–Crippen LogP) is 3.43. The van der Waals surface area contributed by atoms with Crippen molar-refractivity contribution in [2.75, 3.05) is 13.7 Å². The van der Waals surface area contributed by atoms with Crippen molar-refractivity contribution in [1.82, 2.24) is 4.90 Å². The molecule has 8 nitrogen and oxygen atoms in total. The number of carbonyl (C=O) groups is 1. The molecule has 0 spiro atoms. The van der Waals surface area contributed by atoms with Crippen molar-refractivity contribution in [3.05, 3.63) is 45.8 Å². The number of thioether (sulfide) groups is 1. The van der Waals surface area contributed by atoms with Gasteiger partial charge in [-0.2, -0.15) is 5.26 Å². The zero-order valence-corrected chi connectivity index (χ0v) is 18.4. The quantitative estimate of drug-likeness (QED) is 0.686. The smallest absolute Gasteiger partial charge is 0.338 e. The summed E-state index contributed by atoms with van der Waals surface area (Å²) in [7, 11) is 1.56. The number of methoxy groups -OCH3 is 1. The highest BCUT2D eigenvalue weighted by Crippen LogP contribution is 2.46. The number of benzene rings is 1. The summed E-state index contributed by atoms with van der Waals surface area (Å²) in [6.07, 6.45) is -0.297. The van der Waals surface area contributed by atoms with Gasteiger partial charge in [0.25, 0.3) is 0 Å². The lowest BCUT2D eigenvalue weighted by Gasteiger charge is -2.35. The maximum atomic E-state index is 13.0. The fraction of sp³-hybridized carbons (Fsp3) is 0.381. The minimum absolute atomic E-state index is 0.252. The molecule has 9 heteroatoms. The summed E-state index contributed by atoms with van der Waals surface area (Å²) in [6, 6.07) is 6.91. The van der Waals surface area contributed by atoms with Gasteiger partial charge < -0.3 is 19.9 Å². The highest BCUT2D eigenvalue weighted by molar-refractivity contribution is 8.17. The highest BCUT2D eigenvalue weighted by Gasteiger charge is 2.43. The van der Waals surface area contributed by atoms with E-state index in [1.165, 1.54) is 11.8 Å². The Morgan fingerprint density at radius 1 is 1.40 bits per heavy atom. The summed E-state index contributed by atoms with van der Waals surface area (Å²) in [5, 5.41) is 9.99. The number of nitrogens with zero attached hydrogens (tertiary/aromatic N) is 3. The van der Waals surface area contributed by atoms with Crippen molar-refractivity contribution < 1.29 is 19.0 Å². The maximum Gasteiger partial charge on any atom is 0.338 e. The number of nitriles is 1. The molecular formula is C21H24N4O4S. The molecule has 2 aliphatic rings. The third-order valence-corrected chi connectivity index (χ3v) is 5.52. The molecule has 0 saturated heterocycles. The molecule has 1 atom stereocenters. The van der Waals surface area contributed by atoms with Crippen LogP contribution < -0.4 is 15.2 Å². The second-order valence-corrected chi connectivity index (χ2v) is 7.87. The monoisotopic (exact) mass is 428 g/mol. The molecular weight excluding hydrogens is 404 g/mol. The van der Waals surface area contributed by atoms with Crippen LogP contribution in [-0.4, -0.2) is 35.9 Å². The van der Waals surface area contributed by atoms with Crippen LogP contribution in [0, 0.1) is 11.3 Å². The van der Waals surface area contributed by atoms with E-state index in [0.29, 0.717) is 39.4 Å². The predicted molar refractivity (Wildman–Crippen MR) is 115 cm³/mol. The van der Waals surface area contributed by atoms with Gasteiger partial charge in [0.1, 0.15) is 16.8 Å². The van der Waals surface area contributed by atoms with Crippen LogP contribution in [0.2, 0.25) is 0 Å². The van der Waals surface area contributed by atoms with Gasteiger partial charge in [-0.25, -0.2) is 9.79 Å². The summed E-state index contributed by atoms with van der Waals surface area (Å²) in [4.78, 5) is 19.6. The third kappa shape index (κ3) is 3.83. The normalized spacial score (nSPS) is 18.2. The van der Waals surface area contributed by atoms with Gasteiger partial charge in [-0.15, -0.1) is 0 Å². The topological polar surface area (TPSA) is 110 Å². The summed E-state index contributed by atoms with van der Waals surface area (Å²) in [5.74, 6) is 0.898. The van der Waals surface area contributed by atoms with Gasteiger partial charge in [0.15, 0.2) is 16.7 Å².